The number of likely N-dealkylation sites (tertiary alicyclic amines) is 1. The fraction of sp³-hybridized carbons (Fsp3) is 0.588. The van der Waals surface area contributed by atoms with Crippen LogP contribution in [0.15, 0.2) is 18.2 Å². The van der Waals surface area contributed by atoms with Gasteiger partial charge in [-0.3, -0.25) is 4.79 Å². The third-order valence-electron chi connectivity index (χ3n) is 5.23. The summed E-state index contributed by atoms with van der Waals surface area (Å²) in [6, 6.07) is 6.91. The molecule has 3 aliphatic rings. The first-order valence-corrected chi connectivity index (χ1v) is 8.19. The van der Waals surface area contributed by atoms with Crippen molar-refractivity contribution in [3.8, 4) is 0 Å². The zero-order chi connectivity index (χ0) is 14.4. The van der Waals surface area contributed by atoms with E-state index < -0.39 is 0 Å². The zero-order valence-corrected chi connectivity index (χ0v) is 12.6. The van der Waals surface area contributed by atoms with E-state index in [4.69, 9.17) is 0 Å². The van der Waals surface area contributed by atoms with Crippen molar-refractivity contribution in [2.45, 2.75) is 38.1 Å². The lowest BCUT2D eigenvalue weighted by Crippen LogP contribution is -2.49. The van der Waals surface area contributed by atoms with E-state index in [1.54, 1.807) is 0 Å². The number of piperidine rings is 1. The molecule has 1 aromatic carbocycles. The molecule has 1 N–H and O–H groups in total. The van der Waals surface area contributed by atoms with E-state index in [0.717, 1.165) is 12.2 Å². The number of carbonyl (C=O) groups excluding carboxylic acids is 1. The molecule has 4 heteroatoms. The number of nitrogens with one attached hydrogen (secondary N) is 1. The maximum absolute atomic E-state index is 11.9. The summed E-state index contributed by atoms with van der Waals surface area (Å²) in [6.07, 6.45) is 3.72. The van der Waals surface area contributed by atoms with Crippen LogP contribution in [0, 0.1) is 0 Å². The molecule has 112 valence electrons. The molecule has 0 aliphatic carbocycles. The third kappa shape index (κ3) is 2.04. The molecule has 0 unspecified atom stereocenters. The third-order valence-corrected chi connectivity index (χ3v) is 5.23. The first-order valence-electron chi connectivity index (χ1n) is 8.19. The Morgan fingerprint density at radius 1 is 1.38 bits per heavy atom. The SMILES string of the molecule is CCCCN1CC[C@H]2[C@@H](C1)c1cccc3c1N2CC(=O)N3. The molecule has 1 fully saturated rings. The fourth-order valence-electron chi connectivity index (χ4n) is 4.26. The summed E-state index contributed by atoms with van der Waals surface area (Å²) in [6.45, 7) is 6.31. The van der Waals surface area contributed by atoms with Crippen molar-refractivity contribution in [1.29, 1.82) is 0 Å². The quantitative estimate of drug-likeness (QED) is 0.926. The lowest BCUT2D eigenvalue weighted by Gasteiger charge is -2.39. The maximum atomic E-state index is 11.9. The lowest BCUT2D eigenvalue weighted by atomic mass is 9.89. The molecule has 0 saturated carbocycles. The number of nitrogens with zero attached hydrogens (tertiary/aromatic N) is 2. The molecule has 3 heterocycles. The molecule has 0 bridgehead atoms. The van der Waals surface area contributed by atoms with E-state index in [1.807, 2.05) is 6.07 Å². The highest BCUT2D eigenvalue weighted by Gasteiger charge is 2.44. The number of anilines is 2. The van der Waals surface area contributed by atoms with Crippen molar-refractivity contribution in [2.24, 2.45) is 0 Å². The number of para-hydroxylation sites is 1. The average molecular weight is 285 g/mol. The van der Waals surface area contributed by atoms with Gasteiger partial charge in [0, 0.05) is 25.0 Å². The topological polar surface area (TPSA) is 35.6 Å². The summed E-state index contributed by atoms with van der Waals surface area (Å²) in [5.41, 5.74) is 3.75. The minimum absolute atomic E-state index is 0.133. The van der Waals surface area contributed by atoms with E-state index in [1.165, 1.54) is 43.6 Å². The Labute approximate surface area is 126 Å². The van der Waals surface area contributed by atoms with Crippen LogP contribution < -0.4 is 10.2 Å². The minimum atomic E-state index is 0.133. The molecule has 2 atom stereocenters. The van der Waals surface area contributed by atoms with Crippen LogP contribution in [-0.4, -0.2) is 43.0 Å². The standard InChI is InChI=1S/C17H23N3O/c1-2-3-8-19-9-7-15-13(10-19)12-5-4-6-14-17(12)20(15)11-16(21)18-14/h4-6,13,15H,2-3,7-11H2,1H3,(H,18,21)/t13-,15-/m0/s1. The number of carbonyl (C=O) groups is 1. The molecular formula is C17H23N3O. The van der Waals surface area contributed by atoms with Gasteiger partial charge >= 0.3 is 0 Å². The summed E-state index contributed by atoms with van der Waals surface area (Å²) >= 11 is 0. The second-order valence-electron chi connectivity index (χ2n) is 6.54. The molecule has 3 aliphatic heterocycles. The van der Waals surface area contributed by atoms with E-state index in [2.05, 4.69) is 34.2 Å². The molecule has 1 saturated heterocycles. The summed E-state index contributed by atoms with van der Waals surface area (Å²) in [5.74, 6) is 0.701. The van der Waals surface area contributed by atoms with E-state index in [0.29, 0.717) is 18.5 Å². The first kappa shape index (κ1) is 13.1. The highest BCUT2D eigenvalue weighted by atomic mass is 16.2. The van der Waals surface area contributed by atoms with Gasteiger partial charge in [0.05, 0.1) is 17.9 Å². The van der Waals surface area contributed by atoms with Gasteiger partial charge in [0.1, 0.15) is 0 Å². The highest BCUT2D eigenvalue weighted by molar-refractivity contribution is 6.03. The Balaban J connectivity index is 1.65. The molecule has 4 rings (SSSR count). The molecular weight excluding hydrogens is 262 g/mol. The van der Waals surface area contributed by atoms with Gasteiger partial charge in [0.15, 0.2) is 0 Å². The number of rotatable bonds is 3. The predicted octanol–water partition coefficient (Wildman–Crippen LogP) is 2.42. The molecule has 1 amide bonds. The van der Waals surface area contributed by atoms with Crippen molar-refractivity contribution in [3.05, 3.63) is 23.8 Å². The molecule has 1 aromatic rings. The van der Waals surface area contributed by atoms with Gasteiger partial charge in [0.25, 0.3) is 0 Å². The Bertz CT molecular complexity index is 571. The zero-order valence-electron chi connectivity index (χ0n) is 12.6. The fourth-order valence-corrected chi connectivity index (χ4v) is 4.26. The summed E-state index contributed by atoms with van der Waals surface area (Å²) in [5, 5.41) is 3.03. The Hall–Kier alpha value is -1.55. The van der Waals surface area contributed by atoms with Gasteiger partial charge in [-0.1, -0.05) is 25.5 Å². The smallest absolute Gasteiger partial charge is 0.243 e. The van der Waals surface area contributed by atoms with Gasteiger partial charge in [-0.15, -0.1) is 0 Å². The van der Waals surface area contributed by atoms with Crippen molar-refractivity contribution in [2.75, 3.05) is 36.4 Å². The lowest BCUT2D eigenvalue weighted by molar-refractivity contribution is -0.115. The Morgan fingerprint density at radius 2 is 2.29 bits per heavy atom. The van der Waals surface area contributed by atoms with E-state index >= 15 is 0 Å². The number of benzene rings is 1. The number of unbranched alkanes of at least 4 members (excludes halogenated alkanes) is 1. The van der Waals surface area contributed by atoms with Crippen LogP contribution in [0.25, 0.3) is 0 Å². The maximum Gasteiger partial charge on any atom is 0.243 e. The summed E-state index contributed by atoms with van der Waals surface area (Å²) in [4.78, 5) is 16.9. The van der Waals surface area contributed by atoms with Crippen molar-refractivity contribution in [3.63, 3.8) is 0 Å². The van der Waals surface area contributed by atoms with Crippen LogP contribution >= 0.6 is 0 Å². The normalized spacial score (nSPS) is 27.3. The largest absolute Gasteiger partial charge is 0.357 e. The number of fused-ring (bicyclic) bond motifs is 3. The summed E-state index contributed by atoms with van der Waals surface area (Å²) < 4.78 is 0. The second kappa shape index (κ2) is 5.02. The minimum Gasteiger partial charge on any atom is -0.357 e. The Kier molecular flexibility index (Phi) is 3.14. The molecule has 4 nitrogen and oxygen atoms in total. The Morgan fingerprint density at radius 3 is 3.14 bits per heavy atom. The highest BCUT2D eigenvalue weighted by Crippen LogP contribution is 2.49. The summed E-state index contributed by atoms with van der Waals surface area (Å²) in [7, 11) is 0. The van der Waals surface area contributed by atoms with Crippen LogP contribution in [0.1, 0.15) is 37.7 Å². The first-order chi connectivity index (χ1) is 10.3. The number of hydrogen-bond acceptors (Lipinski definition) is 3. The van der Waals surface area contributed by atoms with Gasteiger partial charge in [-0.2, -0.15) is 0 Å². The van der Waals surface area contributed by atoms with Gasteiger partial charge in [-0.25, -0.2) is 0 Å². The number of hydrogen-bond donors (Lipinski definition) is 1. The van der Waals surface area contributed by atoms with Crippen LogP contribution in [-0.2, 0) is 4.79 Å². The monoisotopic (exact) mass is 285 g/mol. The average Bonchev–Trinajstić information content (AvgIpc) is 2.81. The van der Waals surface area contributed by atoms with Crippen LogP contribution in [0.5, 0.6) is 0 Å². The van der Waals surface area contributed by atoms with E-state index in [9.17, 15) is 4.79 Å². The van der Waals surface area contributed by atoms with Gasteiger partial charge in [-0.05, 0) is 31.0 Å². The predicted molar refractivity (Wildman–Crippen MR) is 84.9 cm³/mol. The van der Waals surface area contributed by atoms with Crippen LogP contribution in [0.2, 0.25) is 0 Å². The van der Waals surface area contributed by atoms with Crippen molar-refractivity contribution >= 4 is 17.3 Å². The van der Waals surface area contributed by atoms with Crippen molar-refractivity contribution < 1.29 is 4.79 Å². The van der Waals surface area contributed by atoms with E-state index in [-0.39, 0.29) is 5.91 Å². The van der Waals surface area contributed by atoms with Crippen LogP contribution in [0.4, 0.5) is 11.4 Å². The van der Waals surface area contributed by atoms with Crippen LogP contribution in [0.3, 0.4) is 0 Å². The van der Waals surface area contributed by atoms with Crippen molar-refractivity contribution in [1.82, 2.24) is 4.90 Å². The van der Waals surface area contributed by atoms with Gasteiger partial charge in [0.2, 0.25) is 5.91 Å². The second-order valence-corrected chi connectivity index (χ2v) is 6.54. The number of amides is 1. The molecule has 0 aromatic heterocycles. The molecule has 0 radical (unpaired) electrons. The molecule has 21 heavy (non-hydrogen) atoms. The van der Waals surface area contributed by atoms with Gasteiger partial charge < -0.3 is 15.1 Å². The molecule has 0 spiro atoms.